The molecule has 0 aliphatic carbocycles. The Bertz CT molecular complexity index is 494. The highest BCUT2D eigenvalue weighted by molar-refractivity contribution is 7.91. The van der Waals surface area contributed by atoms with Crippen LogP contribution in [-0.2, 0) is 14.8 Å². The summed E-state index contributed by atoms with van der Waals surface area (Å²) >= 11 is 1.19. The van der Waals surface area contributed by atoms with Gasteiger partial charge in [-0.15, -0.1) is 11.3 Å². The third kappa shape index (κ3) is 4.75. The van der Waals surface area contributed by atoms with E-state index in [1.165, 1.54) is 17.4 Å². The van der Waals surface area contributed by atoms with Crippen molar-refractivity contribution in [2.75, 3.05) is 13.1 Å². The Hall–Kier alpha value is -0.920. The first-order chi connectivity index (χ1) is 8.45. The van der Waals surface area contributed by atoms with E-state index in [1.54, 1.807) is 6.07 Å². The Kier molecular flexibility index (Phi) is 5.77. The van der Waals surface area contributed by atoms with Crippen LogP contribution in [0.2, 0.25) is 0 Å². The van der Waals surface area contributed by atoms with Crippen molar-refractivity contribution in [1.82, 2.24) is 10.0 Å². The van der Waals surface area contributed by atoms with Gasteiger partial charge in [-0.05, 0) is 25.5 Å². The first-order valence-electron chi connectivity index (χ1n) is 5.78. The molecule has 0 spiro atoms. The number of hydrogen-bond acceptors (Lipinski definition) is 4. The van der Waals surface area contributed by atoms with Crippen molar-refractivity contribution in [3.05, 3.63) is 17.0 Å². The number of carbonyl (C=O) groups is 1. The Balaban J connectivity index is 2.45. The molecular weight excluding hydrogens is 272 g/mol. The van der Waals surface area contributed by atoms with Gasteiger partial charge in [0.05, 0.1) is 6.54 Å². The zero-order chi connectivity index (χ0) is 13.6. The molecular formula is C11H18N2O3S2. The predicted octanol–water partition coefficient (Wildman–Crippen LogP) is 1.25. The van der Waals surface area contributed by atoms with E-state index < -0.39 is 10.0 Å². The minimum absolute atomic E-state index is 0.219. The van der Waals surface area contributed by atoms with Crippen LogP contribution in [0.25, 0.3) is 0 Å². The molecule has 1 amide bonds. The van der Waals surface area contributed by atoms with Crippen LogP contribution in [0, 0.1) is 6.92 Å². The summed E-state index contributed by atoms with van der Waals surface area (Å²) in [5.74, 6) is -0.305. The van der Waals surface area contributed by atoms with Crippen molar-refractivity contribution >= 4 is 27.3 Å². The molecule has 0 aromatic carbocycles. The molecule has 0 bridgehead atoms. The summed E-state index contributed by atoms with van der Waals surface area (Å²) in [6, 6.07) is 3.28. The average molecular weight is 290 g/mol. The van der Waals surface area contributed by atoms with Crippen LogP contribution in [0.1, 0.15) is 24.6 Å². The van der Waals surface area contributed by atoms with Gasteiger partial charge in [-0.1, -0.05) is 13.3 Å². The zero-order valence-electron chi connectivity index (χ0n) is 10.5. The van der Waals surface area contributed by atoms with Gasteiger partial charge in [0.2, 0.25) is 5.91 Å². The lowest BCUT2D eigenvalue weighted by atomic mass is 10.3. The number of nitrogens with one attached hydrogen (secondary N) is 2. The van der Waals surface area contributed by atoms with Gasteiger partial charge in [0.1, 0.15) is 4.21 Å². The van der Waals surface area contributed by atoms with E-state index in [0.717, 1.165) is 17.7 Å². The van der Waals surface area contributed by atoms with Crippen molar-refractivity contribution in [2.45, 2.75) is 30.9 Å². The molecule has 0 radical (unpaired) electrons. The molecule has 1 aromatic heterocycles. The molecule has 102 valence electrons. The number of hydrogen-bond donors (Lipinski definition) is 2. The maximum absolute atomic E-state index is 11.8. The van der Waals surface area contributed by atoms with E-state index in [1.807, 2.05) is 13.8 Å². The quantitative estimate of drug-likeness (QED) is 0.742. The predicted molar refractivity (Wildman–Crippen MR) is 72.2 cm³/mol. The lowest BCUT2D eigenvalue weighted by molar-refractivity contribution is -0.119. The molecule has 0 aliphatic rings. The maximum Gasteiger partial charge on any atom is 0.250 e. The van der Waals surface area contributed by atoms with Gasteiger partial charge in [0.25, 0.3) is 10.0 Å². The normalized spacial score (nSPS) is 11.4. The highest BCUT2D eigenvalue weighted by Crippen LogP contribution is 2.19. The molecule has 2 N–H and O–H groups in total. The third-order valence-electron chi connectivity index (χ3n) is 2.26. The summed E-state index contributed by atoms with van der Waals surface area (Å²) in [6.07, 6.45) is 1.88. The summed E-state index contributed by atoms with van der Waals surface area (Å²) in [5.41, 5.74) is 0. The van der Waals surface area contributed by atoms with E-state index in [0.29, 0.717) is 6.54 Å². The Morgan fingerprint density at radius 3 is 2.67 bits per heavy atom. The summed E-state index contributed by atoms with van der Waals surface area (Å²) in [5, 5.41) is 2.65. The summed E-state index contributed by atoms with van der Waals surface area (Å²) in [6.45, 7) is 4.22. The van der Waals surface area contributed by atoms with E-state index in [9.17, 15) is 13.2 Å². The number of sulfonamides is 1. The van der Waals surface area contributed by atoms with Crippen molar-refractivity contribution < 1.29 is 13.2 Å². The van der Waals surface area contributed by atoms with Gasteiger partial charge in [0, 0.05) is 11.4 Å². The molecule has 0 fully saturated rings. The molecule has 1 heterocycles. The molecule has 5 nitrogen and oxygen atoms in total. The fourth-order valence-electron chi connectivity index (χ4n) is 1.26. The molecule has 0 saturated heterocycles. The summed E-state index contributed by atoms with van der Waals surface area (Å²) < 4.78 is 26.1. The average Bonchev–Trinajstić information content (AvgIpc) is 2.75. The van der Waals surface area contributed by atoms with E-state index >= 15 is 0 Å². The first kappa shape index (κ1) is 15.1. The topological polar surface area (TPSA) is 75.3 Å². The van der Waals surface area contributed by atoms with Crippen molar-refractivity contribution in [3.8, 4) is 0 Å². The zero-order valence-corrected chi connectivity index (χ0v) is 12.2. The fourth-order valence-corrected chi connectivity index (χ4v) is 3.57. The number of aryl methyl sites for hydroxylation is 1. The van der Waals surface area contributed by atoms with Crippen LogP contribution in [0.3, 0.4) is 0 Å². The lowest BCUT2D eigenvalue weighted by Crippen LogP contribution is -2.37. The fraction of sp³-hybridized carbons (Fsp3) is 0.545. The van der Waals surface area contributed by atoms with E-state index in [-0.39, 0.29) is 16.7 Å². The Morgan fingerprint density at radius 2 is 2.11 bits per heavy atom. The summed E-state index contributed by atoms with van der Waals surface area (Å²) in [4.78, 5) is 12.3. The minimum Gasteiger partial charge on any atom is -0.355 e. The minimum atomic E-state index is -3.56. The highest BCUT2D eigenvalue weighted by atomic mass is 32.2. The van der Waals surface area contributed by atoms with Gasteiger partial charge in [-0.3, -0.25) is 4.79 Å². The molecule has 0 unspecified atom stereocenters. The van der Waals surface area contributed by atoms with Crippen LogP contribution < -0.4 is 10.0 Å². The van der Waals surface area contributed by atoms with E-state index in [2.05, 4.69) is 10.0 Å². The smallest absolute Gasteiger partial charge is 0.250 e. The summed E-state index contributed by atoms with van der Waals surface area (Å²) in [7, 11) is -3.56. The van der Waals surface area contributed by atoms with Gasteiger partial charge >= 0.3 is 0 Å². The van der Waals surface area contributed by atoms with Gasteiger partial charge < -0.3 is 5.32 Å². The first-order valence-corrected chi connectivity index (χ1v) is 8.08. The standard InChI is InChI=1S/C11H18N2O3S2/c1-3-4-7-12-10(14)8-13-18(15,16)11-6-5-9(2)17-11/h5-6,13H,3-4,7-8H2,1-2H3,(H,12,14). The van der Waals surface area contributed by atoms with Gasteiger partial charge in [0.15, 0.2) is 0 Å². The third-order valence-corrected chi connectivity index (χ3v) is 5.15. The van der Waals surface area contributed by atoms with Gasteiger partial charge in [-0.25, -0.2) is 13.1 Å². The lowest BCUT2D eigenvalue weighted by Gasteiger charge is -2.05. The maximum atomic E-state index is 11.8. The van der Waals surface area contributed by atoms with Crippen molar-refractivity contribution in [3.63, 3.8) is 0 Å². The monoisotopic (exact) mass is 290 g/mol. The van der Waals surface area contributed by atoms with Crippen molar-refractivity contribution in [2.24, 2.45) is 0 Å². The molecule has 1 rings (SSSR count). The second kappa shape index (κ2) is 6.86. The second-order valence-electron chi connectivity index (χ2n) is 3.89. The number of unbranched alkanes of at least 4 members (excludes halogenated alkanes) is 1. The number of rotatable bonds is 7. The molecule has 18 heavy (non-hydrogen) atoms. The second-order valence-corrected chi connectivity index (χ2v) is 7.17. The molecule has 0 aliphatic heterocycles. The Labute approximate surface area is 112 Å². The highest BCUT2D eigenvalue weighted by Gasteiger charge is 2.16. The number of amides is 1. The van der Waals surface area contributed by atoms with Crippen LogP contribution in [0.5, 0.6) is 0 Å². The van der Waals surface area contributed by atoms with Crippen LogP contribution in [0.15, 0.2) is 16.3 Å². The van der Waals surface area contributed by atoms with Crippen LogP contribution >= 0.6 is 11.3 Å². The Morgan fingerprint density at radius 1 is 1.39 bits per heavy atom. The molecule has 1 aromatic rings. The van der Waals surface area contributed by atoms with Gasteiger partial charge in [-0.2, -0.15) is 0 Å². The number of carbonyl (C=O) groups excluding carboxylic acids is 1. The SMILES string of the molecule is CCCCNC(=O)CNS(=O)(=O)c1ccc(C)s1. The molecule has 7 heteroatoms. The molecule has 0 saturated carbocycles. The van der Waals surface area contributed by atoms with Crippen molar-refractivity contribution in [1.29, 1.82) is 0 Å². The van der Waals surface area contributed by atoms with Crippen LogP contribution in [0.4, 0.5) is 0 Å². The van der Waals surface area contributed by atoms with E-state index in [4.69, 9.17) is 0 Å². The number of thiophene rings is 1. The van der Waals surface area contributed by atoms with Crippen LogP contribution in [-0.4, -0.2) is 27.4 Å². The largest absolute Gasteiger partial charge is 0.355 e. The molecule has 0 atom stereocenters.